The minimum absolute atomic E-state index is 0.137. The SMILES string of the molecule is CC(COCc1ccccc1)Oc1cccc(C=O)c1O. The van der Waals surface area contributed by atoms with Crippen LogP contribution < -0.4 is 4.74 Å². The average molecular weight is 286 g/mol. The number of benzene rings is 2. The molecule has 0 amide bonds. The van der Waals surface area contributed by atoms with E-state index in [1.165, 1.54) is 6.07 Å². The van der Waals surface area contributed by atoms with Gasteiger partial charge in [0, 0.05) is 0 Å². The fraction of sp³-hybridized carbons (Fsp3) is 0.235. The molecule has 4 nitrogen and oxygen atoms in total. The lowest BCUT2D eigenvalue weighted by atomic mass is 10.2. The first-order valence-corrected chi connectivity index (χ1v) is 6.76. The molecule has 1 atom stereocenters. The topological polar surface area (TPSA) is 55.8 Å². The number of hydrogen-bond donors (Lipinski definition) is 1. The molecule has 2 rings (SSSR count). The van der Waals surface area contributed by atoms with E-state index >= 15 is 0 Å². The zero-order chi connectivity index (χ0) is 15.1. The van der Waals surface area contributed by atoms with E-state index in [1.807, 2.05) is 37.3 Å². The predicted octanol–water partition coefficient (Wildman–Crippen LogP) is 3.19. The number of phenolic OH excluding ortho intramolecular Hbond substituents is 1. The lowest BCUT2D eigenvalue weighted by molar-refractivity contribution is 0.0481. The molecular formula is C17H18O4. The van der Waals surface area contributed by atoms with Crippen molar-refractivity contribution in [3.8, 4) is 11.5 Å². The van der Waals surface area contributed by atoms with E-state index in [0.29, 0.717) is 19.5 Å². The van der Waals surface area contributed by atoms with Gasteiger partial charge in [0.15, 0.2) is 17.8 Å². The van der Waals surface area contributed by atoms with Crippen molar-refractivity contribution in [2.45, 2.75) is 19.6 Å². The molecule has 21 heavy (non-hydrogen) atoms. The van der Waals surface area contributed by atoms with Gasteiger partial charge in [0.2, 0.25) is 0 Å². The number of carbonyl (C=O) groups is 1. The van der Waals surface area contributed by atoms with Crippen LogP contribution in [0.4, 0.5) is 0 Å². The molecule has 0 aliphatic carbocycles. The second-order valence-corrected chi connectivity index (χ2v) is 4.74. The molecular weight excluding hydrogens is 268 g/mol. The molecule has 110 valence electrons. The number of carbonyl (C=O) groups excluding carboxylic acids is 1. The van der Waals surface area contributed by atoms with E-state index in [-0.39, 0.29) is 23.2 Å². The third-order valence-electron chi connectivity index (χ3n) is 2.95. The number of aromatic hydroxyl groups is 1. The molecule has 0 radical (unpaired) electrons. The van der Waals surface area contributed by atoms with Gasteiger partial charge in [-0.25, -0.2) is 0 Å². The van der Waals surface area contributed by atoms with E-state index < -0.39 is 0 Å². The quantitative estimate of drug-likeness (QED) is 0.794. The normalized spacial score (nSPS) is 11.9. The standard InChI is InChI=1S/C17H18O4/c1-13(11-20-12-14-6-3-2-4-7-14)21-16-9-5-8-15(10-18)17(16)19/h2-10,13,19H,11-12H2,1H3. The van der Waals surface area contributed by atoms with Crippen LogP contribution in [0.1, 0.15) is 22.8 Å². The van der Waals surface area contributed by atoms with Crippen molar-refractivity contribution in [3.63, 3.8) is 0 Å². The van der Waals surface area contributed by atoms with Gasteiger partial charge in [-0.2, -0.15) is 0 Å². The van der Waals surface area contributed by atoms with Crippen molar-refractivity contribution in [3.05, 3.63) is 59.7 Å². The maximum Gasteiger partial charge on any atom is 0.168 e. The molecule has 0 saturated carbocycles. The highest BCUT2D eigenvalue weighted by Gasteiger charge is 2.11. The van der Waals surface area contributed by atoms with Crippen molar-refractivity contribution >= 4 is 6.29 Å². The van der Waals surface area contributed by atoms with E-state index in [9.17, 15) is 9.90 Å². The summed E-state index contributed by atoms with van der Waals surface area (Å²) >= 11 is 0. The Hall–Kier alpha value is -2.33. The Morgan fingerprint density at radius 3 is 2.62 bits per heavy atom. The zero-order valence-electron chi connectivity index (χ0n) is 11.9. The van der Waals surface area contributed by atoms with Crippen LogP contribution in [-0.2, 0) is 11.3 Å². The molecule has 0 aliphatic rings. The molecule has 0 fully saturated rings. The Labute approximate surface area is 123 Å². The van der Waals surface area contributed by atoms with E-state index in [2.05, 4.69) is 0 Å². The van der Waals surface area contributed by atoms with Crippen molar-refractivity contribution in [1.82, 2.24) is 0 Å². The van der Waals surface area contributed by atoms with Crippen LogP contribution >= 0.6 is 0 Å². The molecule has 0 saturated heterocycles. The highest BCUT2D eigenvalue weighted by atomic mass is 16.5. The molecule has 0 aromatic heterocycles. The molecule has 2 aromatic rings. The number of aldehydes is 1. The molecule has 0 spiro atoms. The summed E-state index contributed by atoms with van der Waals surface area (Å²) in [5.41, 5.74) is 1.31. The van der Waals surface area contributed by atoms with Gasteiger partial charge < -0.3 is 14.6 Å². The van der Waals surface area contributed by atoms with Gasteiger partial charge in [-0.05, 0) is 24.6 Å². The van der Waals surface area contributed by atoms with Crippen molar-refractivity contribution in [2.24, 2.45) is 0 Å². The molecule has 1 unspecified atom stereocenters. The highest BCUT2D eigenvalue weighted by Crippen LogP contribution is 2.29. The van der Waals surface area contributed by atoms with E-state index in [1.54, 1.807) is 12.1 Å². The van der Waals surface area contributed by atoms with Crippen LogP contribution in [0.3, 0.4) is 0 Å². The predicted molar refractivity (Wildman–Crippen MR) is 79.7 cm³/mol. The average Bonchev–Trinajstić information content (AvgIpc) is 2.50. The zero-order valence-corrected chi connectivity index (χ0v) is 11.9. The minimum Gasteiger partial charge on any atom is -0.504 e. The maximum absolute atomic E-state index is 10.8. The second-order valence-electron chi connectivity index (χ2n) is 4.74. The summed E-state index contributed by atoms with van der Waals surface area (Å²) in [6, 6.07) is 14.7. The molecule has 1 N–H and O–H groups in total. The van der Waals surface area contributed by atoms with Gasteiger partial charge in [0.1, 0.15) is 6.10 Å². The summed E-state index contributed by atoms with van der Waals surface area (Å²) in [6.45, 7) is 2.74. The first-order valence-electron chi connectivity index (χ1n) is 6.76. The summed E-state index contributed by atoms with van der Waals surface area (Å²) in [7, 11) is 0. The van der Waals surface area contributed by atoms with Crippen LogP contribution in [0.2, 0.25) is 0 Å². The van der Waals surface area contributed by atoms with Crippen molar-refractivity contribution in [2.75, 3.05) is 6.61 Å². The molecule has 0 bridgehead atoms. The second kappa shape index (κ2) is 7.45. The number of ether oxygens (including phenoxy) is 2. The van der Waals surface area contributed by atoms with Crippen LogP contribution in [0, 0.1) is 0 Å². The minimum atomic E-state index is -0.235. The number of phenols is 1. The van der Waals surface area contributed by atoms with Gasteiger partial charge in [0.05, 0.1) is 18.8 Å². The Balaban J connectivity index is 1.84. The van der Waals surface area contributed by atoms with Gasteiger partial charge in [-0.1, -0.05) is 36.4 Å². The Kier molecular flexibility index (Phi) is 5.35. The summed E-state index contributed by atoms with van der Waals surface area (Å²) in [5.74, 6) is 0.151. The summed E-state index contributed by atoms with van der Waals surface area (Å²) in [5, 5.41) is 9.84. The van der Waals surface area contributed by atoms with Crippen molar-refractivity contribution in [1.29, 1.82) is 0 Å². The maximum atomic E-state index is 10.8. The van der Waals surface area contributed by atoms with Gasteiger partial charge in [-0.3, -0.25) is 4.79 Å². The van der Waals surface area contributed by atoms with Crippen LogP contribution in [0.5, 0.6) is 11.5 Å². The van der Waals surface area contributed by atoms with Gasteiger partial charge >= 0.3 is 0 Å². The van der Waals surface area contributed by atoms with Gasteiger partial charge in [-0.15, -0.1) is 0 Å². The third-order valence-corrected chi connectivity index (χ3v) is 2.95. The van der Waals surface area contributed by atoms with Crippen LogP contribution in [0.25, 0.3) is 0 Å². The number of hydrogen-bond acceptors (Lipinski definition) is 4. The van der Waals surface area contributed by atoms with Crippen LogP contribution in [0.15, 0.2) is 48.5 Å². The Morgan fingerprint density at radius 2 is 1.90 bits per heavy atom. The smallest absolute Gasteiger partial charge is 0.168 e. The summed E-state index contributed by atoms with van der Waals surface area (Å²) in [4.78, 5) is 10.8. The van der Waals surface area contributed by atoms with Crippen LogP contribution in [-0.4, -0.2) is 24.1 Å². The monoisotopic (exact) mass is 286 g/mol. The van der Waals surface area contributed by atoms with Gasteiger partial charge in [0.25, 0.3) is 0 Å². The summed E-state index contributed by atoms with van der Waals surface area (Å²) < 4.78 is 11.2. The first-order chi connectivity index (χ1) is 10.2. The largest absolute Gasteiger partial charge is 0.504 e. The Morgan fingerprint density at radius 1 is 1.14 bits per heavy atom. The number of para-hydroxylation sites is 1. The number of rotatable bonds is 7. The lowest BCUT2D eigenvalue weighted by Gasteiger charge is -2.16. The molecule has 2 aromatic carbocycles. The molecule has 0 heterocycles. The Bertz CT molecular complexity index is 581. The fourth-order valence-corrected chi connectivity index (χ4v) is 1.90. The molecule has 0 aliphatic heterocycles. The third kappa shape index (κ3) is 4.33. The summed E-state index contributed by atoms with van der Waals surface area (Å²) in [6.07, 6.45) is 0.361. The van der Waals surface area contributed by atoms with E-state index in [0.717, 1.165) is 5.56 Å². The first kappa shape index (κ1) is 15.1. The van der Waals surface area contributed by atoms with E-state index in [4.69, 9.17) is 9.47 Å². The fourth-order valence-electron chi connectivity index (χ4n) is 1.90. The highest BCUT2D eigenvalue weighted by molar-refractivity contribution is 5.80. The van der Waals surface area contributed by atoms with Crippen molar-refractivity contribution < 1.29 is 19.4 Å². The molecule has 4 heteroatoms. The lowest BCUT2D eigenvalue weighted by Crippen LogP contribution is -2.19.